The number of carbonyl (C=O) groups excluding carboxylic acids is 2. The van der Waals surface area contributed by atoms with Gasteiger partial charge in [-0.3, -0.25) is 4.79 Å². The molecule has 1 aromatic heterocycles. The SMILES string of the molecule is CCSc1cccc(C(=O)Nc2c(C(=O)OC)sc3ccccc23)c1. The van der Waals surface area contributed by atoms with Crippen LogP contribution in [0.2, 0.25) is 0 Å². The second-order valence-electron chi connectivity index (χ2n) is 5.21. The third kappa shape index (κ3) is 3.70. The van der Waals surface area contributed by atoms with Crippen molar-refractivity contribution >= 4 is 50.7 Å². The van der Waals surface area contributed by atoms with Crippen molar-refractivity contribution in [2.75, 3.05) is 18.2 Å². The predicted octanol–water partition coefficient (Wildman–Crippen LogP) is 5.05. The van der Waals surface area contributed by atoms with Crippen LogP contribution < -0.4 is 5.32 Å². The first-order valence-electron chi connectivity index (χ1n) is 7.78. The van der Waals surface area contributed by atoms with Crippen LogP contribution in [0.4, 0.5) is 5.69 Å². The number of amides is 1. The van der Waals surface area contributed by atoms with Crippen LogP contribution in [0.25, 0.3) is 10.1 Å². The lowest BCUT2D eigenvalue weighted by Gasteiger charge is -2.08. The predicted molar refractivity (Wildman–Crippen MR) is 104 cm³/mol. The van der Waals surface area contributed by atoms with Gasteiger partial charge in [0, 0.05) is 20.5 Å². The first-order chi connectivity index (χ1) is 12.1. The lowest BCUT2D eigenvalue weighted by atomic mass is 10.2. The summed E-state index contributed by atoms with van der Waals surface area (Å²) < 4.78 is 5.79. The van der Waals surface area contributed by atoms with Crippen LogP contribution in [-0.2, 0) is 4.74 Å². The molecule has 0 saturated heterocycles. The van der Waals surface area contributed by atoms with Crippen LogP contribution >= 0.6 is 23.1 Å². The zero-order chi connectivity index (χ0) is 17.8. The molecule has 3 aromatic rings. The van der Waals surface area contributed by atoms with Crippen LogP contribution in [0.15, 0.2) is 53.4 Å². The Hall–Kier alpha value is -2.31. The molecule has 0 aliphatic carbocycles. The van der Waals surface area contributed by atoms with Gasteiger partial charge in [-0.05, 0) is 30.0 Å². The van der Waals surface area contributed by atoms with E-state index >= 15 is 0 Å². The summed E-state index contributed by atoms with van der Waals surface area (Å²) in [7, 11) is 1.34. The number of thiophene rings is 1. The second-order valence-corrected chi connectivity index (χ2v) is 7.60. The van der Waals surface area contributed by atoms with Crippen LogP contribution in [-0.4, -0.2) is 24.7 Å². The molecular formula is C19H17NO3S2. The van der Waals surface area contributed by atoms with Crippen molar-refractivity contribution in [1.29, 1.82) is 0 Å². The minimum absolute atomic E-state index is 0.243. The van der Waals surface area contributed by atoms with Crippen molar-refractivity contribution in [3.05, 3.63) is 59.0 Å². The Morgan fingerprint density at radius 3 is 2.72 bits per heavy atom. The van der Waals surface area contributed by atoms with E-state index in [1.54, 1.807) is 17.8 Å². The van der Waals surface area contributed by atoms with Gasteiger partial charge in [0.05, 0.1) is 12.8 Å². The summed E-state index contributed by atoms with van der Waals surface area (Å²) in [5.74, 6) is 0.242. The van der Waals surface area contributed by atoms with Gasteiger partial charge in [0.2, 0.25) is 0 Å². The molecule has 0 aliphatic rings. The number of benzene rings is 2. The van der Waals surface area contributed by atoms with Crippen molar-refractivity contribution in [3.63, 3.8) is 0 Å². The normalized spacial score (nSPS) is 10.6. The van der Waals surface area contributed by atoms with Crippen molar-refractivity contribution in [3.8, 4) is 0 Å². The lowest BCUT2D eigenvalue weighted by Crippen LogP contribution is -2.14. The number of thioether (sulfide) groups is 1. The Morgan fingerprint density at radius 1 is 1.16 bits per heavy atom. The number of carbonyl (C=O) groups is 2. The Balaban J connectivity index is 1.98. The molecule has 128 valence electrons. The molecule has 1 N–H and O–H groups in total. The molecule has 6 heteroatoms. The summed E-state index contributed by atoms with van der Waals surface area (Å²) in [6.45, 7) is 2.07. The number of rotatable bonds is 5. The maximum Gasteiger partial charge on any atom is 0.350 e. The first kappa shape index (κ1) is 17.5. The smallest absolute Gasteiger partial charge is 0.350 e. The highest BCUT2D eigenvalue weighted by atomic mass is 32.2. The van der Waals surface area contributed by atoms with Crippen molar-refractivity contribution in [1.82, 2.24) is 0 Å². The van der Waals surface area contributed by atoms with Gasteiger partial charge in [-0.1, -0.05) is 31.2 Å². The third-order valence-electron chi connectivity index (χ3n) is 3.61. The average molecular weight is 371 g/mol. The molecule has 3 rings (SSSR count). The van der Waals surface area contributed by atoms with Gasteiger partial charge < -0.3 is 10.1 Å². The summed E-state index contributed by atoms with van der Waals surface area (Å²) in [6.07, 6.45) is 0. The zero-order valence-electron chi connectivity index (χ0n) is 13.9. The number of hydrogen-bond acceptors (Lipinski definition) is 5. The highest BCUT2D eigenvalue weighted by Crippen LogP contribution is 2.36. The van der Waals surface area contributed by atoms with E-state index in [9.17, 15) is 9.59 Å². The monoisotopic (exact) mass is 371 g/mol. The number of fused-ring (bicyclic) bond motifs is 1. The number of ether oxygens (including phenoxy) is 1. The Bertz CT molecular complexity index is 933. The van der Waals surface area contributed by atoms with Gasteiger partial charge in [0.15, 0.2) is 0 Å². The molecule has 0 aliphatic heterocycles. The Morgan fingerprint density at radius 2 is 1.96 bits per heavy atom. The minimum atomic E-state index is -0.452. The summed E-state index contributed by atoms with van der Waals surface area (Å²) in [5, 5.41) is 3.73. The highest BCUT2D eigenvalue weighted by Gasteiger charge is 2.21. The first-order valence-corrected chi connectivity index (χ1v) is 9.58. The van der Waals surface area contributed by atoms with E-state index in [-0.39, 0.29) is 5.91 Å². The number of nitrogens with one attached hydrogen (secondary N) is 1. The number of esters is 1. The van der Waals surface area contributed by atoms with Crippen molar-refractivity contribution in [2.24, 2.45) is 0 Å². The highest BCUT2D eigenvalue weighted by molar-refractivity contribution is 7.99. The quantitative estimate of drug-likeness (QED) is 0.503. The second kappa shape index (κ2) is 7.72. The fourth-order valence-electron chi connectivity index (χ4n) is 2.49. The molecule has 1 amide bonds. The van der Waals surface area contributed by atoms with Gasteiger partial charge in [0.25, 0.3) is 5.91 Å². The molecular weight excluding hydrogens is 354 g/mol. The molecule has 0 bridgehead atoms. The van der Waals surface area contributed by atoms with Gasteiger partial charge in [-0.15, -0.1) is 23.1 Å². The van der Waals surface area contributed by atoms with E-state index in [0.717, 1.165) is 20.7 Å². The third-order valence-corrected chi connectivity index (χ3v) is 5.64. The lowest BCUT2D eigenvalue weighted by molar-refractivity contribution is 0.0607. The van der Waals surface area contributed by atoms with E-state index in [4.69, 9.17) is 4.74 Å². The van der Waals surface area contributed by atoms with E-state index in [1.165, 1.54) is 18.4 Å². The largest absolute Gasteiger partial charge is 0.465 e. The fourth-order valence-corrected chi connectivity index (χ4v) is 4.28. The van der Waals surface area contributed by atoms with Crippen LogP contribution in [0.1, 0.15) is 27.0 Å². The molecule has 0 unspecified atom stereocenters. The van der Waals surface area contributed by atoms with E-state index in [1.807, 2.05) is 42.5 Å². The van der Waals surface area contributed by atoms with Crippen molar-refractivity contribution < 1.29 is 14.3 Å². The molecule has 2 aromatic carbocycles. The fraction of sp³-hybridized carbons (Fsp3) is 0.158. The number of hydrogen-bond donors (Lipinski definition) is 1. The minimum Gasteiger partial charge on any atom is -0.465 e. The Labute approximate surface area is 154 Å². The summed E-state index contributed by atoms with van der Waals surface area (Å²) >= 11 is 2.99. The molecule has 0 fully saturated rings. The van der Waals surface area contributed by atoms with Gasteiger partial charge in [-0.2, -0.15) is 0 Å². The maximum atomic E-state index is 12.7. The molecule has 0 spiro atoms. The molecule has 4 nitrogen and oxygen atoms in total. The average Bonchev–Trinajstić information content (AvgIpc) is 3.00. The zero-order valence-corrected chi connectivity index (χ0v) is 15.5. The summed E-state index contributed by atoms with van der Waals surface area (Å²) in [4.78, 5) is 26.2. The molecule has 0 atom stereocenters. The number of anilines is 1. The van der Waals surface area contributed by atoms with Crippen LogP contribution in [0.5, 0.6) is 0 Å². The molecule has 25 heavy (non-hydrogen) atoms. The van der Waals surface area contributed by atoms with Crippen molar-refractivity contribution in [2.45, 2.75) is 11.8 Å². The Kier molecular flexibility index (Phi) is 5.40. The van der Waals surface area contributed by atoms with Gasteiger partial charge in [-0.25, -0.2) is 4.79 Å². The van der Waals surface area contributed by atoms with Gasteiger partial charge >= 0.3 is 5.97 Å². The van der Waals surface area contributed by atoms with E-state index in [0.29, 0.717) is 16.1 Å². The van der Waals surface area contributed by atoms with E-state index < -0.39 is 5.97 Å². The van der Waals surface area contributed by atoms with Crippen LogP contribution in [0.3, 0.4) is 0 Å². The maximum absolute atomic E-state index is 12.7. The van der Waals surface area contributed by atoms with Crippen LogP contribution in [0, 0.1) is 0 Å². The molecule has 1 heterocycles. The van der Waals surface area contributed by atoms with E-state index in [2.05, 4.69) is 12.2 Å². The molecule has 0 saturated carbocycles. The number of methoxy groups -OCH3 is 1. The topological polar surface area (TPSA) is 55.4 Å². The standard InChI is InChI=1S/C19H17NO3S2/c1-3-24-13-8-6-7-12(11-13)18(21)20-16-14-9-4-5-10-15(14)25-17(16)19(22)23-2/h4-11H,3H2,1-2H3,(H,20,21). The molecule has 0 radical (unpaired) electrons. The summed E-state index contributed by atoms with van der Waals surface area (Å²) in [6, 6.07) is 15.0. The van der Waals surface area contributed by atoms with Gasteiger partial charge in [0.1, 0.15) is 4.88 Å². The summed E-state index contributed by atoms with van der Waals surface area (Å²) in [5.41, 5.74) is 1.07.